The maximum atomic E-state index is 12.7. The number of carboxylic acids is 1. The maximum absolute atomic E-state index is 12.7. The van der Waals surface area contributed by atoms with Gasteiger partial charge in [-0.25, -0.2) is 4.79 Å². The van der Waals surface area contributed by atoms with Crippen LogP contribution in [0.2, 0.25) is 0 Å². The number of rotatable bonds is 5. The summed E-state index contributed by atoms with van der Waals surface area (Å²) in [7, 11) is 1.47. The van der Waals surface area contributed by atoms with Gasteiger partial charge < -0.3 is 14.3 Å². The standard InChI is InChI=1S/C18H17N3O5/c1-4-14-19-20-16(26-14)11-5-6-13(25-3)12(9-11)21-8-7-10(2)15(17(21)22)18(23)24/h5-9H,4H2,1-3H3,(H,23,24). The lowest BCUT2D eigenvalue weighted by molar-refractivity contribution is 0.0693. The highest BCUT2D eigenvalue weighted by Gasteiger charge is 2.18. The first kappa shape index (κ1) is 17.4. The van der Waals surface area contributed by atoms with E-state index in [4.69, 9.17) is 9.15 Å². The summed E-state index contributed by atoms with van der Waals surface area (Å²) >= 11 is 0. The number of benzene rings is 1. The average molecular weight is 355 g/mol. The zero-order valence-electron chi connectivity index (χ0n) is 14.5. The number of nitrogens with zero attached hydrogens (tertiary/aromatic N) is 3. The molecule has 8 nitrogen and oxygen atoms in total. The zero-order valence-corrected chi connectivity index (χ0v) is 14.5. The molecule has 1 N–H and O–H groups in total. The van der Waals surface area contributed by atoms with Crippen LogP contribution in [0.1, 0.15) is 28.7 Å². The molecular formula is C18H17N3O5. The summed E-state index contributed by atoms with van der Waals surface area (Å²) in [5, 5.41) is 17.2. The molecule has 1 aromatic carbocycles. The van der Waals surface area contributed by atoms with Gasteiger partial charge in [0.1, 0.15) is 11.3 Å². The van der Waals surface area contributed by atoms with Gasteiger partial charge in [0, 0.05) is 18.2 Å². The summed E-state index contributed by atoms with van der Waals surface area (Å²) in [5.41, 5.74) is 0.434. The molecule has 0 spiro atoms. The van der Waals surface area contributed by atoms with Crippen molar-refractivity contribution in [1.82, 2.24) is 14.8 Å². The molecule has 0 aliphatic carbocycles. The fourth-order valence-corrected chi connectivity index (χ4v) is 2.60. The number of aryl methyl sites for hydroxylation is 2. The number of carbonyl (C=O) groups is 1. The number of ether oxygens (including phenoxy) is 1. The van der Waals surface area contributed by atoms with Crippen molar-refractivity contribution < 1.29 is 19.1 Å². The van der Waals surface area contributed by atoms with E-state index in [1.165, 1.54) is 17.9 Å². The van der Waals surface area contributed by atoms with E-state index in [1.54, 1.807) is 31.2 Å². The molecule has 2 heterocycles. The zero-order chi connectivity index (χ0) is 18.8. The molecule has 134 valence electrons. The number of pyridine rings is 1. The number of carboxylic acid groups (broad SMARTS) is 1. The van der Waals surface area contributed by atoms with Gasteiger partial charge in [0.15, 0.2) is 0 Å². The van der Waals surface area contributed by atoms with E-state index in [2.05, 4.69) is 10.2 Å². The van der Waals surface area contributed by atoms with Crippen LogP contribution in [0.25, 0.3) is 17.1 Å². The minimum atomic E-state index is -1.28. The molecule has 8 heteroatoms. The van der Waals surface area contributed by atoms with Gasteiger partial charge in [-0.3, -0.25) is 9.36 Å². The molecule has 26 heavy (non-hydrogen) atoms. The number of aromatic carboxylic acids is 1. The van der Waals surface area contributed by atoms with E-state index in [0.29, 0.717) is 40.8 Å². The average Bonchev–Trinajstić information content (AvgIpc) is 3.10. The molecule has 0 aliphatic heterocycles. The molecule has 0 saturated carbocycles. The van der Waals surface area contributed by atoms with Gasteiger partial charge >= 0.3 is 5.97 Å². The second kappa shape index (κ2) is 6.83. The lowest BCUT2D eigenvalue weighted by atomic mass is 10.1. The first-order valence-electron chi connectivity index (χ1n) is 7.93. The summed E-state index contributed by atoms with van der Waals surface area (Å²) in [6.45, 7) is 3.48. The summed E-state index contributed by atoms with van der Waals surface area (Å²) < 4.78 is 12.1. The Morgan fingerprint density at radius 3 is 2.69 bits per heavy atom. The molecule has 0 aliphatic rings. The van der Waals surface area contributed by atoms with Gasteiger partial charge in [0.2, 0.25) is 11.8 Å². The number of aromatic nitrogens is 3. The highest BCUT2D eigenvalue weighted by atomic mass is 16.5. The third-order valence-corrected chi connectivity index (χ3v) is 3.97. The normalized spacial score (nSPS) is 10.7. The second-order valence-corrected chi connectivity index (χ2v) is 5.60. The van der Waals surface area contributed by atoms with E-state index >= 15 is 0 Å². The summed E-state index contributed by atoms with van der Waals surface area (Å²) in [6, 6.07) is 6.60. The fourth-order valence-electron chi connectivity index (χ4n) is 2.60. The SMILES string of the molecule is CCc1nnc(-c2ccc(OC)c(-n3ccc(C)c(C(=O)O)c3=O)c2)o1. The van der Waals surface area contributed by atoms with Gasteiger partial charge in [0.25, 0.3) is 5.56 Å². The molecular weight excluding hydrogens is 338 g/mol. The Morgan fingerprint density at radius 1 is 1.31 bits per heavy atom. The van der Waals surface area contributed by atoms with Crippen molar-refractivity contribution in [3.63, 3.8) is 0 Å². The van der Waals surface area contributed by atoms with Crippen LogP contribution in [-0.2, 0) is 6.42 Å². The minimum absolute atomic E-state index is 0.286. The lowest BCUT2D eigenvalue weighted by Crippen LogP contribution is -2.26. The predicted molar refractivity (Wildman–Crippen MR) is 93.0 cm³/mol. The summed E-state index contributed by atoms with van der Waals surface area (Å²) in [4.78, 5) is 24.1. The van der Waals surface area contributed by atoms with Crippen LogP contribution in [0.5, 0.6) is 5.75 Å². The Morgan fingerprint density at radius 2 is 2.08 bits per heavy atom. The quantitative estimate of drug-likeness (QED) is 0.749. The molecule has 0 fully saturated rings. The second-order valence-electron chi connectivity index (χ2n) is 5.60. The fraction of sp³-hybridized carbons (Fsp3) is 0.222. The smallest absolute Gasteiger partial charge is 0.341 e. The highest BCUT2D eigenvalue weighted by Crippen LogP contribution is 2.28. The Kier molecular flexibility index (Phi) is 4.57. The summed E-state index contributed by atoms with van der Waals surface area (Å²) in [5.74, 6) is -0.0601. The lowest BCUT2D eigenvalue weighted by Gasteiger charge is -2.13. The van der Waals surface area contributed by atoms with E-state index < -0.39 is 11.5 Å². The highest BCUT2D eigenvalue weighted by molar-refractivity contribution is 5.89. The Bertz CT molecular complexity index is 1040. The molecule has 3 rings (SSSR count). The van der Waals surface area contributed by atoms with Crippen molar-refractivity contribution in [2.24, 2.45) is 0 Å². The molecule has 0 amide bonds. The van der Waals surface area contributed by atoms with E-state index in [-0.39, 0.29) is 5.56 Å². The number of hydrogen-bond acceptors (Lipinski definition) is 6. The van der Waals surface area contributed by atoms with Crippen molar-refractivity contribution in [3.05, 3.63) is 57.8 Å². The third-order valence-electron chi connectivity index (χ3n) is 3.97. The monoisotopic (exact) mass is 355 g/mol. The van der Waals surface area contributed by atoms with E-state index in [9.17, 15) is 14.7 Å². The third kappa shape index (κ3) is 2.97. The van der Waals surface area contributed by atoms with E-state index in [1.807, 2.05) is 6.92 Å². The van der Waals surface area contributed by atoms with Crippen molar-refractivity contribution in [2.45, 2.75) is 20.3 Å². The Labute approximate surface area is 148 Å². The Balaban J connectivity index is 2.21. The van der Waals surface area contributed by atoms with Crippen molar-refractivity contribution in [3.8, 4) is 22.9 Å². The van der Waals surface area contributed by atoms with Gasteiger partial charge in [0.05, 0.1) is 12.8 Å². The van der Waals surface area contributed by atoms with Crippen molar-refractivity contribution in [1.29, 1.82) is 0 Å². The van der Waals surface area contributed by atoms with Crippen LogP contribution in [0.3, 0.4) is 0 Å². The van der Waals surface area contributed by atoms with Crippen LogP contribution in [0.4, 0.5) is 0 Å². The summed E-state index contributed by atoms with van der Waals surface area (Å²) in [6.07, 6.45) is 2.12. The van der Waals surface area contributed by atoms with Crippen LogP contribution in [0.15, 0.2) is 39.7 Å². The van der Waals surface area contributed by atoms with Crippen LogP contribution < -0.4 is 10.3 Å². The van der Waals surface area contributed by atoms with Gasteiger partial charge in [-0.2, -0.15) is 0 Å². The largest absolute Gasteiger partial charge is 0.495 e. The van der Waals surface area contributed by atoms with Crippen molar-refractivity contribution in [2.75, 3.05) is 7.11 Å². The predicted octanol–water partition coefficient (Wildman–Crippen LogP) is 2.47. The first-order valence-corrected chi connectivity index (χ1v) is 7.93. The minimum Gasteiger partial charge on any atom is -0.495 e. The molecule has 3 aromatic rings. The van der Waals surface area contributed by atoms with Gasteiger partial charge in [-0.05, 0) is 36.8 Å². The van der Waals surface area contributed by atoms with Gasteiger partial charge in [-0.15, -0.1) is 10.2 Å². The number of hydrogen-bond donors (Lipinski definition) is 1. The first-order chi connectivity index (χ1) is 12.5. The number of methoxy groups -OCH3 is 1. The molecule has 2 aromatic heterocycles. The van der Waals surface area contributed by atoms with Crippen LogP contribution in [-0.4, -0.2) is 33.0 Å². The molecule has 0 saturated heterocycles. The van der Waals surface area contributed by atoms with E-state index in [0.717, 1.165) is 0 Å². The van der Waals surface area contributed by atoms with Gasteiger partial charge in [-0.1, -0.05) is 6.92 Å². The molecule has 0 radical (unpaired) electrons. The topological polar surface area (TPSA) is 107 Å². The van der Waals surface area contributed by atoms with Crippen LogP contribution >= 0.6 is 0 Å². The Hall–Kier alpha value is -3.42. The maximum Gasteiger partial charge on any atom is 0.341 e. The van der Waals surface area contributed by atoms with Crippen LogP contribution in [0, 0.1) is 6.92 Å². The molecule has 0 unspecified atom stereocenters. The van der Waals surface area contributed by atoms with Crippen molar-refractivity contribution >= 4 is 5.97 Å². The molecule has 0 atom stereocenters. The molecule has 0 bridgehead atoms.